The van der Waals surface area contributed by atoms with Gasteiger partial charge in [0.1, 0.15) is 17.2 Å². The van der Waals surface area contributed by atoms with E-state index in [0.717, 1.165) is 23.8 Å². The quantitative estimate of drug-likeness (QED) is 0.546. The zero-order chi connectivity index (χ0) is 26.3. The molecule has 2 aliphatic heterocycles. The number of hydrogen-bond donors (Lipinski definition) is 2. The van der Waals surface area contributed by atoms with Crippen molar-refractivity contribution in [3.05, 3.63) is 41.7 Å². The molecule has 2 N–H and O–H groups in total. The van der Waals surface area contributed by atoms with E-state index >= 15 is 0 Å². The molecule has 4 rings (SSSR count). The zero-order valence-electron chi connectivity index (χ0n) is 20.3. The van der Waals surface area contributed by atoms with E-state index in [-0.39, 0.29) is 29.7 Å². The number of aliphatic carboxylic acids is 1. The Morgan fingerprint density at radius 2 is 2.03 bits per heavy atom. The van der Waals surface area contributed by atoms with Gasteiger partial charge in [-0.25, -0.2) is 13.4 Å². The molecule has 1 saturated heterocycles. The van der Waals surface area contributed by atoms with Crippen molar-refractivity contribution >= 4 is 21.8 Å². The number of alkyl halides is 3. The summed E-state index contributed by atoms with van der Waals surface area (Å²) < 4.78 is 71.2. The number of nitrogens with zero attached hydrogens (tertiary/aromatic N) is 3. The summed E-state index contributed by atoms with van der Waals surface area (Å²) in [7, 11) is -4.30. The lowest BCUT2D eigenvalue weighted by Crippen LogP contribution is -2.56. The summed E-state index contributed by atoms with van der Waals surface area (Å²) in [5, 5.41) is 8.74. The monoisotopic (exact) mass is 528 g/mol. The molecule has 0 aromatic carbocycles. The molecule has 0 saturated carbocycles. The van der Waals surface area contributed by atoms with Crippen molar-refractivity contribution < 1.29 is 31.5 Å². The number of allylic oxidation sites excluding steroid dienone is 3. The molecule has 1 fully saturated rings. The third-order valence-corrected chi connectivity index (χ3v) is 8.57. The van der Waals surface area contributed by atoms with Crippen LogP contribution in [0.4, 0.5) is 19.0 Å². The number of hydrogen-bond acceptors (Lipinski definition) is 6. The number of carboxylic acid groups (broad SMARTS) is 1. The van der Waals surface area contributed by atoms with Gasteiger partial charge in [0, 0.05) is 31.6 Å². The number of nitrogens with one attached hydrogen (secondary N) is 1. The van der Waals surface area contributed by atoms with Gasteiger partial charge in [0.25, 0.3) is 10.0 Å². The van der Waals surface area contributed by atoms with Gasteiger partial charge in [-0.1, -0.05) is 25.1 Å². The lowest BCUT2D eigenvalue weighted by atomic mass is 9.91. The van der Waals surface area contributed by atoms with Gasteiger partial charge in [-0.3, -0.25) is 4.79 Å². The average molecular weight is 529 g/mol. The van der Waals surface area contributed by atoms with E-state index < -0.39 is 33.5 Å². The molecule has 1 aliphatic carbocycles. The standard InChI is InChI=1S/C24H31F3N4O4S/c1-16-6-3-4-7-18(16)31-19(24(25,26)27)10-12-23(31,2)29-36(34,35)21-9-5-8-20(28-21)30-13-11-17(15-30)14-22(32)33/h5,7-10,16-17,29H,3-4,6,11-15H2,1-2H3,(H,32,33). The van der Waals surface area contributed by atoms with Gasteiger partial charge >= 0.3 is 12.1 Å². The van der Waals surface area contributed by atoms with E-state index in [0.29, 0.717) is 37.4 Å². The summed E-state index contributed by atoms with van der Waals surface area (Å²) >= 11 is 0. The smallest absolute Gasteiger partial charge is 0.431 e. The Kier molecular flexibility index (Phi) is 7.13. The maximum Gasteiger partial charge on any atom is 0.431 e. The Balaban J connectivity index is 1.60. The van der Waals surface area contributed by atoms with Gasteiger partial charge in [-0.2, -0.15) is 17.9 Å². The molecule has 3 aliphatic rings. The van der Waals surface area contributed by atoms with Crippen LogP contribution in [0.25, 0.3) is 0 Å². The van der Waals surface area contributed by atoms with Crippen molar-refractivity contribution in [1.29, 1.82) is 0 Å². The first kappa shape index (κ1) is 26.5. The van der Waals surface area contributed by atoms with Crippen LogP contribution in [0.1, 0.15) is 52.4 Å². The van der Waals surface area contributed by atoms with E-state index in [1.54, 1.807) is 12.1 Å². The molecular formula is C24H31F3N4O4S. The average Bonchev–Trinajstić information content (AvgIpc) is 3.37. The fourth-order valence-corrected chi connectivity index (χ4v) is 6.69. The normalized spacial score (nSPS) is 27.2. The molecular weight excluding hydrogens is 497 g/mol. The Bertz CT molecular complexity index is 1180. The van der Waals surface area contributed by atoms with Crippen LogP contribution in [0.2, 0.25) is 0 Å². The highest BCUT2D eigenvalue weighted by Crippen LogP contribution is 2.45. The molecule has 3 heterocycles. The van der Waals surface area contributed by atoms with Crippen LogP contribution in [0.15, 0.2) is 46.8 Å². The molecule has 3 atom stereocenters. The van der Waals surface area contributed by atoms with Crippen LogP contribution in [0, 0.1) is 11.8 Å². The van der Waals surface area contributed by atoms with Crippen LogP contribution in [0.5, 0.6) is 0 Å². The van der Waals surface area contributed by atoms with Crippen molar-refractivity contribution in [3.63, 3.8) is 0 Å². The number of carboxylic acids is 1. The lowest BCUT2D eigenvalue weighted by molar-refractivity contribution is -0.137. The van der Waals surface area contributed by atoms with E-state index in [9.17, 15) is 26.4 Å². The van der Waals surface area contributed by atoms with E-state index in [1.165, 1.54) is 19.1 Å². The molecule has 0 amide bonds. The first-order valence-electron chi connectivity index (χ1n) is 12.1. The predicted octanol–water partition coefficient (Wildman–Crippen LogP) is 4.23. The first-order chi connectivity index (χ1) is 16.8. The molecule has 8 nitrogen and oxygen atoms in total. The fourth-order valence-electron chi connectivity index (χ4n) is 5.36. The molecule has 3 unspecified atom stereocenters. The highest BCUT2D eigenvalue weighted by atomic mass is 32.2. The molecule has 36 heavy (non-hydrogen) atoms. The molecule has 0 spiro atoms. The third kappa shape index (κ3) is 5.39. The molecule has 12 heteroatoms. The molecule has 1 aromatic heterocycles. The first-order valence-corrected chi connectivity index (χ1v) is 13.5. The third-order valence-electron chi connectivity index (χ3n) is 7.09. The number of aromatic nitrogens is 1. The Labute approximate surface area is 208 Å². The van der Waals surface area contributed by atoms with Crippen LogP contribution < -0.4 is 9.62 Å². The maximum absolute atomic E-state index is 14.0. The fraction of sp³-hybridized carbons (Fsp3) is 0.583. The number of sulfonamides is 1. The van der Waals surface area contributed by atoms with E-state index in [2.05, 4.69) is 9.71 Å². The Morgan fingerprint density at radius 3 is 2.69 bits per heavy atom. The summed E-state index contributed by atoms with van der Waals surface area (Å²) in [6.07, 6.45) is 0.905. The van der Waals surface area contributed by atoms with Crippen LogP contribution in [-0.2, 0) is 14.8 Å². The molecule has 0 radical (unpaired) electrons. The SMILES string of the molecule is CC1CCCC=C1N1C(C(F)(F)F)=CCC1(C)NS(=O)(=O)c1cccc(N2CCC(CC(=O)O)C2)n1. The van der Waals surface area contributed by atoms with Gasteiger partial charge in [0.2, 0.25) is 0 Å². The second-order valence-corrected chi connectivity index (χ2v) is 11.6. The summed E-state index contributed by atoms with van der Waals surface area (Å²) in [6.45, 7) is 4.29. The van der Waals surface area contributed by atoms with Gasteiger partial charge in [0.05, 0.1) is 0 Å². The second kappa shape index (κ2) is 9.70. The highest BCUT2D eigenvalue weighted by molar-refractivity contribution is 7.89. The number of pyridine rings is 1. The minimum atomic E-state index is -4.64. The van der Waals surface area contributed by atoms with Gasteiger partial charge in [-0.15, -0.1) is 0 Å². The minimum Gasteiger partial charge on any atom is -0.481 e. The second-order valence-electron chi connectivity index (χ2n) is 10.00. The number of carbonyl (C=O) groups is 1. The number of anilines is 1. The molecule has 0 bridgehead atoms. The molecule has 198 valence electrons. The predicted molar refractivity (Wildman–Crippen MR) is 127 cm³/mol. The number of halogens is 3. The van der Waals surface area contributed by atoms with Crippen molar-refractivity contribution in [2.24, 2.45) is 11.8 Å². The topological polar surface area (TPSA) is 103 Å². The Hall–Kier alpha value is -2.60. The van der Waals surface area contributed by atoms with Crippen molar-refractivity contribution in [2.45, 2.75) is 69.2 Å². The van der Waals surface area contributed by atoms with Crippen LogP contribution in [-0.4, -0.2) is 54.3 Å². The van der Waals surface area contributed by atoms with E-state index in [4.69, 9.17) is 5.11 Å². The summed E-state index contributed by atoms with van der Waals surface area (Å²) in [5.41, 5.74) is -1.95. The van der Waals surface area contributed by atoms with Crippen LogP contribution in [0.3, 0.4) is 0 Å². The molecule has 1 aromatic rings. The van der Waals surface area contributed by atoms with Crippen molar-refractivity contribution in [2.75, 3.05) is 18.0 Å². The van der Waals surface area contributed by atoms with Gasteiger partial charge in [0.15, 0.2) is 5.03 Å². The van der Waals surface area contributed by atoms with E-state index in [1.807, 2.05) is 11.8 Å². The van der Waals surface area contributed by atoms with Gasteiger partial charge < -0.3 is 14.9 Å². The largest absolute Gasteiger partial charge is 0.481 e. The maximum atomic E-state index is 14.0. The summed E-state index contributed by atoms with van der Waals surface area (Å²) in [6, 6.07) is 4.48. The lowest BCUT2D eigenvalue weighted by Gasteiger charge is -2.43. The van der Waals surface area contributed by atoms with Crippen molar-refractivity contribution in [1.82, 2.24) is 14.6 Å². The highest BCUT2D eigenvalue weighted by Gasteiger charge is 2.52. The zero-order valence-corrected chi connectivity index (χ0v) is 21.1. The van der Waals surface area contributed by atoms with Crippen LogP contribution >= 0.6 is 0 Å². The number of rotatable bonds is 7. The van der Waals surface area contributed by atoms with Gasteiger partial charge in [-0.05, 0) is 56.6 Å². The Morgan fingerprint density at radius 1 is 1.28 bits per heavy atom. The minimum absolute atomic E-state index is 0.0209. The van der Waals surface area contributed by atoms with Crippen molar-refractivity contribution in [3.8, 4) is 0 Å². The summed E-state index contributed by atoms with van der Waals surface area (Å²) in [5.74, 6) is -0.719. The summed E-state index contributed by atoms with van der Waals surface area (Å²) in [4.78, 5) is 18.2.